The first-order valence-corrected chi connectivity index (χ1v) is 4.15. The van der Waals surface area contributed by atoms with Gasteiger partial charge >= 0.3 is 5.97 Å². The molecule has 6 heteroatoms. The van der Waals surface area contributed by atoms with Crippen molar-refractivity contribution in [2.24, 2.45) is 0 Å². The van der Waals surface area contributed by atoms with Crippen LogP contribution in [0.1, 0.15) is 17.3 Å². The van der Waals surface area contributed by atoms with Crippen molar-refractivity contribution in [1.29, 1.82) is 0 Å². The number of carbonyl (C=O) groups is 2. The molecule has 1 amide bonds. The van der Waals surface area contributed by atoms with Gasteiger partial charge in [-0.15, -0.1) is 0 Å². The molecule has 5 nitrogen and oxygen atoms in total. The van der Waals surface area contributed by atoms with Gasteiger partial charge in [-0.05, 0) is 13.0 Å². The molecule has 1 heterocycles. The number of amides is 1. The molecule has 0 aliphatic carbocycles. The number of nitrogens with one attached hydrogen (secondary N) is 1. The maximum absolute atomic E-state index is 12.7. The number of rotatable bonds is 3. The van der Waals surface area contributed by atoms with E-state index in [9.17, 15) is 14.0 Å². The minimum Gasteiger partial charge on any atom is -0.480 e. The van der Waals surface area contributed by atoms with Crippen LogP contribution in [0, 0.1) is 5.82 Å². The van der Waals surface area contributed by atoms with E-state index in [-0.39, 0.29) is 5.56 Å². The molecular weight excluding hydrogens is 203 g/mol. The van der Waals surface area contributed by atoms with Gasteiger partial charge < -0.3 is 10.4 Å². The van der Waals surface area contributed by atoms with E-state index in [2.05, 4.69) is 10.3 Å². The zero-order valence-corrected chi connectivity index (χ0v) is 7.90. The average Bonchev–Trinajstić information content (AvgIpc) is 2.17. The van der Waals surface area contributed by atoms with E-state index in [0.29, 0.717) is 0 Å². The standard InChI is InChI=1S/C9H9FN2O3/c1-5(9(14)15)12-8(13)6-2-7(10)4-11-3-6/h2-5H,1H3,(H,12,13)(H,14,15). The summed E-state index contributed by atoms with van der Waals surface area (Å²) >= 11 is 0. The summed E-state index contributed by atoms with van der Waals surface area (Å²) in [5.74, 6) is -2.48. The second kappa shape index (κ2) is 4.50. The highest BCUT2D eigenvalue weighted by atomic mass is 19.1. The summed E-state index contributed by atoms with van der Waals surface area (Å²) in [5.41, 5.74) is -0.0110. The highest BCUT2D eigenvalue weighted by Gasteiger charge is 2.15. The second-order valence-corrected chi connectivity index (χ2v) is 2.93. The summed E-state index contributed by atoms with van der Waals surface area (Å²) < 4.78 is 12.7. The third kappa shape index (κ3) is 3.01. The van der Waals surface area contributed by atoms with E-state index in [1.54, 1.807) is 0 Å². The van der Waals surface area contributed by atoms with Gasteiger partial charge in [0.25, 0.3) is 5.91 Å². The highest BCUT2D eigenvalue weighted by Crippen LogP contribution is 2.00. The molecule has 15 heavy (non-hydrogen) atoms. The van der Waals surface area contributed by atoms with Crippen LogP contribution in [-0.4, -0.2) is 28.0 Å². The molecule has 1 unspecified atom stereocenters. The number of carboxylic acids is 1. The summed E-state index contributed by atoms with van der Waals surface area (Å²) in [4.78, 5) is 25.2. The lowest BCUT2D eigenvalue weighted by Crippen LogP contribution is -2.38. The predicted molar refractivity (Wildman–Crippen MR) is 48.8 cm³/mol. The van der Waals surface area contributed by atoms with Crippen molar-refractivity contribution in [2.45, 2.75) is 13.0 Å². The van der Waals surface area contributed by atoms with Crippen LogP contribution >= 0.6 is 0 Å². The zero-order chi connectivity index (χ0) is 11.4. The Bertz CT molecular complexity index is 395. The molecule has 2 N–H and O–H groups in total. The van der Waals surface area contributed by atoms with Crippen molar-refractivity contribution in [1.82, 2.24) is 10.3 Å². The SMILES string of the molecule is CC(NC(=O)c1cncc(F)c1)C(=O)O. The third-order valence-electron chi connectivity index (χ3n) is 1.69. The first-order chi connectivity index (χ1) is 7.00. The number of hydrogen-bond acceptors (Lipinski definition) is 3. The number of carbonyl (C=O) groups excluding carboxylic acids is 1. The number of pyridine rings is 1. The number of halogens is 1. The Balaban J connectivity index is 2.73. The number of aromatic nitrogens is 1. The van der Waals surface area contributed by atoms with Crippen LogP contribution in [-0.2, 0) is 4.79 Å². The van der Waals surface area contributed by atoms with Crippen molar-refractivity contribution in [3.63, 3.8) is 0 Å². The van der Waals surface area contributed by atoms with Crippen molar-refractivity contribution in [3.05, 3.63) is 29.8 Å². The lowest BCUT2D eigenvalue weighted by Gasteiger charge is -2.08. The summed E-state index contributed by atoms with van der Waals surface area (Å²) in [7, 11) is 0. The van der Waals surface area contributed by atoms with Crippen LogP contribution in [0.3, 0.4) is 0 Å². The minimum absolute atomic E-state index is 0.0110. The van der Waals surface area contributed by atoms with E-state index in [1.807, 2.05) is 0 Å². The molecule has 1 atom stereocenters. The van der Waals surface area contributed by atoms with E-state index in [0.717, 1.165) is 18.5 Å². The molecule has 0 radical (unpaired) electrons. The Morgan fingerprint density at radius 1 is 1.53 bits per heavy atom. The molecule has 0 spiro atoms. The fourth-order valence-corrected chi connectivity index (χ4v) is 0.878. The Hall–Kier alpha value is -1.98. The van der Waals surface area contributed by atoms with E-state index < -0.39 is 23.7 Å². The van der Waals surface area contributed by atoms with E-state index >= 15 is 0 Å². The summed E-state index contributed by atoms with van der Waals surface area (Å²) in [6.07, 6.45) is 2.12. The first kappa shape index (κ1) is 11.1. The molecule has 0 fully saturated rings. The Morgan fingerprint density at radius 2 is 2.20 bits per heavy atom. The largest absolute Gasteiger partial charge is 0.480 e. The van der Waals surface area contributed by atoms with Crippen molar-refractivity contribution >= 4 is 11.9 Å². The van der Waals surface area contributed by atoms with Gasteiger partial charge in [0.15, 0.2) is 0 Å². The van der Waals surface area contributed by atoms with Gasteiger partial charge in [-0.3, -0.25) is 14.6 Å². The molecule has 0 aliphatic heterocycles. The van der Waals surface area contributed by atoms with Crippen LogP contribution in [0.25, 0.3) is 0 Å². The number of nitrogens with zero attached hydrogens (tertiary/aromatic N) is 1. The van der Waals surface area contributed by atoms with Gasteiger partial charge in [0.1, 0.15) is 11.9 Å². The van der Waals surface area contributed by atoms with E-state index in [1.165, 1.54) is 6.92 Å². The molecule has 0 aliphatic rings. The lowest BCUT2D eigenvalue weighted by atomic mass is 10.2. The highest BCUT2D eigenvalue weighted by molar-refractivity contribution is 5.96. The maximum atomic E-state index is 12.7. The topological polar surface area (TPSA) is 79.3 Å². The Labute approximate surface area is 84.9 Å². The van der Waals surface area contributed by atoms with Gasteiger partial charge in [0.2, 0.25) is 0 Å². The van der Waals surface area contributed by atoms with Crippen molar-refractivity contribution in [2.75, 3.05) is 0 Å². The molecule has 1 rings (SSSR count). The zero-order valence-electron chi connectivity index (χ0n) is 7.90. The van der Waals surface area contributed by atoms with Crippen LogP contribution in [0.2, 0.25) is 0 Å². The molecule has 1 aromatic heterocycles. The monoisotopic (exact) mass is 212 g/mol. The molecule has 0 aromatic carbocycles. The fraction of sp³-hybridized carbons (Fsp3) is 0.222. The normalized spacial score (nSPS) is 11.9. The molecule has 0 saturated carbocycles. The summed E-state index contributed by atoms with van der Waals surface area (Å²) in [5, 5.41) is 10.7. The van der Waals surface area contributed by atoms with Gasteiger partial charge in [0, 0.05) is 6.20 Å². The Kier molecular flexibility index (Phi) is 3.33. The second-order valence-electron chi connectivity index (χ2n) is 2.93. The number of carboxylic acid groups (broad SMARTS) is 1. The number of aliphatic carboxylic acids is 1. The average molecular weight is 212 g/mol. The molecule has 1 aromatic rings. The molecule has 0 saturated heterocycles. The van der Waals surface area contributed by atoms with E-state index in [4.69, 9.17) is 5.11 Å². The van der Waals surface area contributed by atoms with Gasteiger partial charge in [-0.1, -0.05) is 0 Å². The maximum Gasteiger partial charge on any atom is 0.325 e. The first-order valence-electron chi connectivity index (χ1n) is 4.15. The van der Waals surface area contributed by atoms with Crippen LogP contribution in [0.5, 0.6) is 0 Å². The lowest BCUT2D eigenvalue weighted by molar-refractivity contribution is -0.138. The number of hydrogen-bond donors (Lipinski definition) is 2. The van der Waals surface area contributed by atoms with Gasteiger partial charge in [-0.2, -0.15) is 0 Å². The molecule has 80 valence electrons. The molecule has 0 bridgehead atoms. The Morgan fingerprint density at radius 3 is 2.73 bits per heavy atom. The van der Waals surface area contributed by atoms with Crippen LogP contribution in [0.4, 0.5) is 4.39 Å². The van der Waals surface area contributed by atoms with Gasteiger partial charge in [0.05, 0.1) is 11.8 Å². The van der Waals surface area contributed by atoms with Crippen molar-refractivity contribution < 1.29 is 19.1 Å². The molecular formula is C9H9FN2O3. The summed E-state index contributed by atoms with van der Waals surface area (Å²) in [6.45, 7) is 1.31. The van der Waals surface area contributed by atoms with Crippen molar-refractivity contribution in [3.8, 4) is 0 Å². The van der Waals surface area contributed by atoms with Crippen LogP contribution in [0.15, 0.2) is 18.5 Å². The van der Waals surface area contributed by atoms with Gasteiger partial charge in [-0.25, -0.2) is 4.39 Å². The smallest absolute Gasteiger partial charge is 0.325 e. The summed E-state index contributed by atoms with van der Waals surface area (Å²) in [6, 6.07) is -0.0440. The fourth-order valence-electron chi connectivity index (χ4n) is 0.878. The minimum atomic E-state index is -1.16. The third-order valence-corrected chi connectivity index (χ3v) is 1.69. The quantitative estimate of drug-likeness (QED) is 0.761. The van der Waals surface area contributed by atoms with Crippen LogP contribution < -0.4 is 5.32 Å². The predicted octanol–water partition coefficient (Wildman–Crippen LogP) is 0.424.